The van der Waals surface area contributed by atoms with E-state index in [2.05, 4.69) is 26.2 Å². The van der Waals surface area contributed by atoms with Crippen molar-refractivity contribution in [3.05, 3.63) is 49.1 Å². The Morgan fingerprint density at radius 2 is 1.90 bits per heavy atom. The van der Waals surface area contributed by atoms with Crippen molar-refractivity contribution >= 4 is 0 Å². The Balaban J connectivity index is 3.98. The summed E-state index contributed by atoms with van der Waals surface area (Å²) in [5.41, 5.74) is 1.06. The average molecular weight is 134 g/mol. The quantitative estimate of drug-likeness (QED) is 0.518. The van der Waals surface area contributed by atoms with Crippen LogP contribution in [0.3, 0.4) is 0 Å². The molecular weight excluding hydrogens is 120 g/mol. The molecule has 0 amide bonds. The lowest BCUT2D eigenvalue weighted by molar-refractivity contribution is 1.22. The van der Waals surface area contributed by atoms with E-state index < -0.39 is 0 Å². The van der Waals surface area contributed by atoms with Crippen LogP contribution in [0.2, 0.25) is 0 Å². The standard InChI is InChI=1S/C10H14/c1-4-7-8-9-10(5-2)6-3/h5-9H,2-4H2,1H3. The summed E-state index contributed by atoms with van der Waals surface area (Å²) < 4.78 is 0. The summed E-state index contributed by atoms with van der Waals surface area (Å²) in [7, 11) is 0. The molecule has 0 fully saturated rings. The van der Waals surface area contributed by atoms with Crippen LogP contribution in [0.5, 0.6) is 0 Å². The SMILES string of the molecule is C=CC(C=C)=CC=CCC. The van der Waals surface area contributed by atoms with Gasteiger partial charge in [0.2, 0.25) is 0 Å². The van der Waals surface area contributed by atoms with Crippen molar-refractivity contribution in [1.29, 1.82) is 0 Å². The fourth-order valence-electron chi connectivity index (χ4n) is 0.535. The van der Waals surface area contributed by atoms with Crippen LogP contribution in [0, 0.1) is 0 Å². The highest BCUT2D eigenvalue weighted by atomic mass is 13.8. The highest BCUT2D eigenvalue weighted by molar-refractivity contribution is 5.30. The van der Waals surface area contributed by atoms with E-state index in [-0.39, 0.29) is 0 Å². The maximum absolute atomic E-state index is 3.64. The first kappa shape index (κ1) is 8.96. The number of hydrogen-bond acceptors (Lipinski definition) is 0. The van der Waals surface area contributed by atoms with Gasteiger partial charge in [0.25, 0.3) is 0 Å². The highest BCUT2D eigenvalue weighted by Gasteiger charge is 1.75. The summed E-state index contributed by atoms with van der Waals surface area (Å²) in [5.74, 6) is 0. The second kappa shape index (κ2) is 6.09. The van der Waals surface area contributed by atoms with Crippen molar-refractivity contribution in [2.45, 2.75) is 13.3 Å². The maximum Gasteiger partial charge on any atom is -0.0269 e. The third-order valence-electron chi connectivity index (χ3n) is 1.13. The Labute approximate surface area is 63.3 Å². The zero-order valence-electron chi connectivity index (χ0n) is 6.51. The molecule has 0 saturated carbocycles. The molecule has 0 nitrogen and oxygen atoms in total. The fraction of sp³-hybridized carbons (Fsp3) is 0.200. The van der Waals surface area contributed by atoms with Crippen LogP contribution in [0.15, 0.2) is 49.1 Å². The number of rotatable bonds is 4. The molecule has 0 unspecified atom stereocenters. The Morgan fingerprint density at radius 3 is 2.30 bits per heavy atom. The largest absolute Gasteiger partial charge is 0.0985 e. The third kappa shape index (κ3) is 3.90. The molecule has 54 valence electrons. The average Bonchev–Trinajstić information content (AvgIpc) is 1.99. The van der Waals surface area contributed by atoms with E-state index in [0.717, 1.165) is 12.0 Å². The number of allylic oxidation sites excluding steroid dienone is 6. The molecule has 0 bridgehead atoms. The van der Waals surface area contributed by atoms with Crippen LogP contribution in [0.4, 0.5) is 0 Å². The van der Waals surface area contributed by atoms with Gasteiger partial charge in [0.15, 0.2) is 0 Å². The zero-order chi connectivity index (χ0) is 7.82. The minimum absolute atomic E-state index is 1.06. The normalized spacial score (nSPS) is 9.30. The molecule has 0 N–H and O–H groups in total. The zero-order valence-corrected chi connectivity index (χ0v) is 6.51. The minimum atomic E-state index is 1.06. The first-order valence-corrected chi connectivity index (χ1v) is 3.46. The molecule has 0 radical (unpaired) electrons. The molecule has 0 aliphatic heterocycles. The third-order valence-corrected chi connectivity index (χ3v) is 1.13. The molecule has 0 saturated heterocycles. The van der Waals surface area contributed by atoms with E-state index in [4.69, 9.17) is 0 Å². The van der Waals surface area contributed by atoms with E-state index in [9.17, 15) is 0 Å². The second-order valence-electron chi connectivity index (χ2n) is 1.91. The molecule has 0 aliphatic carbocycles. The lowest BCUT2D eigenvalue weighted by Crippen LogP contribution is -1.64. The van der Waals surface area contributed by atoms with Crippen LogP contribution in [-0.4, -0.2) is 0 Å². The molecule has 0 heterocycles. The van der Waals surface area contributed by atoms with E-state index >= 15 is 0 Å². The Kier molecular flexibility index (Phi) is 5.45. The molecule has 0 aromatic rings. The van der Waals surface area contributed by atoms with Gasteiger partial charge in [-0.05, 0) is 12.0 Å². The van der Waals surface area contributed by atoms with E-state index in [0.29, 0.717) is 0 Å². The first-order chi connectivity index (χ1) is 4.85. The van der Waals surface area contributed by atoms with Gasteiger partial charge in [0, 0.05) is 0 Å². The van der Waals surface area contributed by atoms with Gasteiger partial charge < -0.3 is 0 Å². The summed E-state index contributed by atoms with van der Waals surface area (Å²) in [6, 6.07) is 0. The molecule has 0 aliphatic rings. The second-order valence-corrected chi connectivity index (χ2v) is 1.91. The van der Waals surface area contributed by atoms with Gasteiger partial charge >= 0.3 is 0 Å². The van der Waals surface area contributed by atoms with Crippen molar-refractivity contribution in [3.8, 4) is 0 Å². The molecule has 0 atom stereocenters. The smallest absolute Gasteiger partial charge is 0.0269 e. The predicted octanol–water partition coefficient (Wildman–Crippen LogP) is 3.25. The Hall–Kier alpha value is -1.04. The van der Waals surface area contributed by atoms with E-state index in [1.165, 1.54) is 0 Å². The topological polar surface area (TPSA) is 0 Å². The minimum Gasteiger partial charge on any atom is -0.0985 e. The van der Waals surface area contributed by atoms with E-state index in [1.54, 1.807) is 12.2 Å². The molecular formula is C10H14. The van der Waals surface area contributed by atoms with Crippen LogP contribution in [-0.2, 0) is 0 Å². The molecule has 0 heteroatoms. The van der Waals surface area contributed by atoms with Crippen LogP contribution in [0.25, 0.3) is 0 Å². The van der Waals surface area contributed by atoms with Gasteiger partial charge in [-0.15, -0.1) is 0 Å². The van der Waals surface area contributed by atoms with Crippen molar-refractivity contribution < 1.29 is 0 Å². The van der Waals surface area contributed by atoms with Crippen LogP contribution in [0.1, 0.15) is 13.3 Å². The first-order valence-electron chi connectivity index (χ1n) is 3.46. The maximum atomic E-state index is 3.64. The molecule has 0 aromatic heterocycles. The van der Waals surface area contributed by atoms with E-state index in [1.807, 2.05) is 12.2 Å². The summed E-state index contributed by atoms with van der Waals surface area (Å²) in [6.07, 6.45) is 10.7. The number of hydrogen-bond donors (Lipinski definition) is 0. The summed E-state index contributed by atoms with van der Waals surface area (Å²) >= 11 is 0. The van der Waals surface area contributed by atoms with Gasteiger partial charge in [-0.25, -0.2) is 0 Å². The van der Waals surface area contributed by atoms with Crippen LogP contribution < -0.4 is 0 Å². The van der Waals surface area contributed by atoms with Gasteiger partial charge in [-0.3, -0.25) is 0 Å². The summed E-state index contributed by atoms with van der Waals surface area (Å²) in [4.78, 5) is 0. The lowest BCUT2D eigenvalue weighted by Gasteiger charge is -1.85. The highest BCUT2D eigenvalue weighted by Crippen LogP contribution is 1.96. The van der Waals surface area contributed by atoms with Gasteiger partial charge in [0.1, 0.15) is 0 Å². The van der Waals surface area contributed by atoms with Crippen molar-refractivity contribution in [2.24, 2.45) is 0 Å². The summed E-state index contributed by atoms with van der Waals surface area (Å²) in [6.45, 7) is 9.38. The summed E-state index contributed by atoms with van der Waals surface area (Å²) in [5, 5.41) is 0. The predicted molar refractivity (Wildman–Crippen MR) is 47.9 cm³/mol. The molecule has 0 spiro atoms. The fourth-order valence-corrected chi connectivity index (χ4v) is 0.535. The Morgan fingerprint density at radius 1 is 1.30 bits per heavy atom. The van der Waals surface area contributed by atoms with Gasteiger partial charge in [-0.2, -0.15) is 0 Å². The van der Waals surface area contributed by atoms with Gasteiger partial charge in [0.05, 0.1) is 0 Å². The van der Waals surface area contributed by atoms with Crippen molar-refractivity contribution in [2.75, 3.05) is 0 Å². The monoisotopic (exact) mass is 134 g/mol. The Bertz CT molecular complexity index is 149. The molecule has 0 rings (SSSR count). The lowest BCUT2D eigenvalue weighted by atomic mass is 10.2. The van der Waals surface area contributed by atoms with Crippen molar-refractivity contribution in [3.63, 3.8) is 0 Å². The van der Waals surface area contributed by atoms with Crippen LogP contribution >= 0.6 is 0 Å². The molecule has 0 aromatic carbocycles. The molecule has 10 heavy (non-hydrogen) atoms. The van der Waals surface area contributed by atoms with Gasteiger partial charge in [-0.1, -0.05) is 50.5 Å². The van der Waals surface area contributed by atoms with Crippen molar-refractivity contribution in [1.82, 2.24) is 0 Å².